The Hall–Kier alpha value is -3.80. The number of ether oxygens (including phenoxy) is 4. The molecule has 0 saturated carbocycles. The molecule has 0 aliphatic rings. The van der Waals surface area contributed by atoms with Gasteiger partial charge in [-0.1, -0.05) is 30.3 Å². The Labute approximate surface area is 222 Å². The molecule has 0 spiro atoms. The Bertz CT molecular complexity index is 1230. The molecular formula is C26H26IN3O6. The molecule has 9 nitrogen and oxygen atoms in total. The van der Waals surface area contributed by atoms with E-state index >= 15 is 0 Å². The largest absolute Gasteiger partial charge is 0.493 e. The maximum absolute atomic E-state index is 12.7. The van der Waals surface area contributed by atoms with Gasteiger partial charge in [0.25, 0.3) is 11.8 Å². The quantitative estimate of drug-likeness (QED) is 0.184. The van der Waals surface area contributed by atoms with Crippen LogP contribution in [0, 0.1) is 3.57 Å². The maximum atomic E-state index is 12.7. The topological polar surface area (TPSA) is 121 Å². The van der Waals surface area contributed by atoms with Crippen molar-refractivity contribution in [2.24, 2.45) is 10.8 Å². The number of primary amides is 1. The zero-order valence-corrected chi connectivity index (χ0v) is 22.0. The molecule has 0 aliphatic carbocycles. The normalized spacial score (nSPS) is 10.6. The lowest BCUT2D eigenvalue weighted by Crippen LogP contribution is -2.20. The molecule has 0 bridgehead atoms. The van der Waals surface area contributed by atoms with E-state index in [4.69, 9.17) is 24.7 Å². The van der Waals surface area contributed by atoms with E-state index in [1.165, 1.54) is 13.3 Å². The minimum Gasteiger partial charge on any atom is -0.493 e. The van der Waals surface area contributed by atoms with Crippen molar-refractivity contribution in [1.29, 1.82) is 0 Å². The number of nitrogens with two attached hydrogens (primary N) is 1. The Balaban J connectivity index is 1.68. The second kappa shape index (κ2) is 13.3. The van der Waals surface area contributed by atoms with E-state index in [1.807, 2.05) is 59.8 Å². The molecule has 3 N–H and O–H groups in total. The first kappa shape index (κ1) is 26.8. The maximum Gasteiger partial charge on any atom is 0.271 e. The van der Waals surface area contributed by atoms with Crippen molar-refractivity contribution in [3.63, 3.8) is 0 Å². The predicted molar refractivity (Wildman–Crippen MR) is 144 cm³/mol. The second-order valence-corrected chi connectivity index (χ2v) is 8.52. The predicted octanol–water partition coefficient (Wildman–Crippen LogP) is 3.91. The van der Waals surface area contributed by atoms with Crippen molar-refractivity contribution in [3.05, 3.63) is 80.9 Å². The number of hydrogen-bond donors (Lipinski definition) is 2. The van der Waals surface area contributed by atoms with E-state index in [1.54, 1.807) is 30.3 Å². The number of amides is 2. The van der Waals surface area contributed by atoms with Gasteiger partial charge < -0.3 is 24.7 Å². The fraction of sp³-hybridized carbons (Fsp3) is 0.192. The van der Waals surface area contributed by atoms with Gasteiger partial charge in [-0.15, -0.1) is 0 Å². The molecule has 10 heteroatoms. The van der Waals surface area contributed by atoms with Crippen LogP contribution >= 0.6 is 22.6 Å². The minimum absolute atomic E-state index is 0.268. The third kappa shape index (κ3) is 7.60. The smallest absolute Gasteiger partial charge is 0.271 e. The summed E-state index contributed by atoms with van der Waals surface area (Å²) >= 11 is 2.05. The Morgan fingerprint density at radius 1 is 1.00 bits per heavy atom. The monoisotopic (exact) mass is 603 g/mol. The van der Waals surface area contributed by atoms with Gasteiger partial charge in [-0.2, -0.15) is 5.10 Å². The number of hydrogen-bond acceptors (Lipinski definition) is 7. The van der Waals surface area contributed by atoms with E-state index in [-0.39, 0.29) is 6.61 Å². The molecule has 0 saturated heterocycles. The lowest BCUT2D eigenvalue weighted by Gasteiger charge is -2.13. The van der Waals surface area contributed by atoms with Crippen LogP contribution in [0.1, 0.15) is 28.4 Å². The number of nitrogens with one attached hydrogen (secondary N) is 1. The van der Waals surface area contributed by atoms with E-state index in [0.29, 0.717) is 50.9 Å². The average molecular weight is 603 g/mol. The summed E-state index contributed by atoms with van der Waals surface area (Å²) in [7, 11) is 1.48. The van der Waals surface area contributed by atoms with Gasteiger partial charge in [-0.25, -0.2) is 5.43 Å². The van der Waals surface area contributed by atoms with Crippen LogP contribution in [0.4, 0.5) is 0 Å². The first-order valence-electron chi connectivity index (χ1n) is 11.0. The van der Waals surface area contributed by atoms with Crippen molar-refractivity contribution in [3.8, 4) is 23.0 Å². The van der Waals surface area contributed by atoms with Gasteiger partial charge in [0.05, 0.1) is 23.5 Å². The molecular weight excluding hydrogens is 577 g/mol. The van der Waals surface area contributed by atoms with Crippen molar-refractivity contribution < 1.29 is 28.5 Å². The summed E-state index contributed by atoms with van der Waals surface area (Å²) < 4.78 is 23.0. The Kier molecular flexibility index (Phi) is 9.92. The molecule has 2 amide bonds. The number of carbonyl (C=O) groups excluding carboxylic acids is 2. The Morgan fingerprint density at radius 2 is 1.78 bits per heavy atom. The van der Waals surface area contributed by atoms with Crippen molar-refractivity contribution >= 4 is 40.6 Å². The fourth-order valence-electron chi connectivity index (χ4n) is 3.10. The second-order valence-electron chi connectivity index (χ2n) is 7.36. The van der Waals surface area contributed by atoms with Gasteiger partial charge >= 0.3 is 0 Å². The lowest BCUT2D eigenvalue weighted by atomic mass is 10.2. The van der Waals surface area contributed by atoms with Gasteiger partial charge in [-0.3, -0.25) is 9.59 Å². The van der Waals surface area contributed by atoms with E-state index in [9.17, 15) is 9.59 Å². The van der Waals surface area contributed by atoms with E-state index in [2.05, 4.69) is 10.5 Å². The van der Waals surface area contributed by atoms with Crippen LogP contribution in [0.2, 0.25) is 0 Å². The van der Waals surface area contributed by atoms with Crippen LogP contribution in [-0.4, -0.2) is 38.4 Å². The van der Waals surface area contributed by atoms with Gasteiger partial charge in [-0.05, 0) is 71.0 Å². The first-order chi connectivity index (χ1) is 17.4. The van der Waals surface area contributed by atoms with Gasteiger partial charge in [0, 0.05) is 5.56 Å². The first-order valence-corrected chi connectivity index (χ1v) is 12.0. The highest BCUT2D eigenvalue weighted by Gasteiger charge is 2.14. The summed E-state index contributed by atoms with van der Waals surface area (Å²) in [6.45, 7) is 2.39. The lowest BCUT2D eigenvalue weighted by molar-refractivity contribution is -0.119. The van der Waals surface area contributed by atoms with Crippen LogP contribution in [0.3, 0.4) is 0 Å². The van der Waals surface area contributed by atoms with Crippen molar-refractivity contribution in [2.45, 2.75) is 13.5 Å². The molecule has 3 rings (SSSR count). The highest BCUT2D eigenvalue weighted by Crippen LogP contribution is 2.33. The third-order valence-corrected chi connectivity index (χ3v) is 5.53. The molecule has 0 fully saturated rings. The van der Waals surface area contributed by atoms with Crippen molar-refractivity contribution in [2.75, 3.05) is 20.3 Å². The van der Waals surface area contributed by atoms with Crippen LogP contribution in [-0.2, 0) is 11.4 Å². The SMILES string of the molecule is CCOc1cc(C(=O)N/N=C/c2cc(I)c(OCC(N)=O)c(OC)c2)ccc1OCc1ccccc1. The summed E-state index contributed by atoms with van der Waals surface area (Å²) in [6, 6.07) is 18.2. The molecule has 188 valence electrons. The number of benzene rings is 3. The van der Waals surface area contributed by atoms with Crippen LogP contribution in [0.25, 0.3) is 0 Å². The molecule has 3 aromatic carbocycles. The molecule has 36 heavy (non-hydrogen) atoms. The highest BCUT2D eigenvalue weighted by molar-refractivity contribution is 14.1. The number of methoxy groups -OCH3 is 1. The standard InChI is InChI=1S/C26H26IN3O6/c1-3-34-22-13-19(9-10-21(22)35-15-17-7-5-4-6-8-17)26(32)30-29-14-18-11-20(27)25(23(12-18)33-2)36-16-24(28)31/h4-14H,3,15-16H2,1-2H3,(H2,28,31)(H,30,32)/b29-14+. The van der Waals surface area contributed by atoms with Crippen LogP contribution in [0.5, 0.6) is 23.0 Å². The summed E-state index contributed by atoms with van der Waals surface area (Å²) in [5, 5.41) is 4.04. The molecule has 3 aromatic rings. The van der Waals surface area contributed by atoms with Crippen molar-refractivity contribution in [1.82, 2.24) is 5.43 Å². The fourth-order valence-corrected chi connectivity index (χ4v) is 3.88. The molecule has 0 atom stereocenters. The zero-order chi connectivity index (χ0) is 25.9. The average Bonchev–Trinajstić information content (AvgIpc) is 2.87. The summed E-state index contributed by atoms with van der Waals surface area (Å²) in [5.41, 5.74) is 9.69. The summed E-state index contributed by atoms with van der Waals surface area (Å²) in [5.74, 6) is 0.811. The molecule has 0 radical (unpaired) electrons. The van der Waals surface area contributed by atoms with Gasteiger partial charge in [0.1, 0.15) is 6.61 Å². The molecule has 0 aliphatic heterocycles. The zero-order valence-electron chi connectivity index (χ0n) is 19.8. The van der Waals surface area contributed by atoms with Gasteiger partial charge in [0.15, 0.2) is 29.6 Å². The van der Waals surface area contributed by atoms with E-state index < -0.39 is 11.8 Å². The molecule has 0 aromatic heterocycles. The van der Waals surface area contributed by atoms with Crippen LogP contribution < -0.4 is 30.1 Å². The number of halogens is 1. The molecule has 0 unspecified atom stereocenters. The summed E-state index contributed by atoms with van der Waals surface area (Å²) in [4.78, 5) is 23.7. The number of hydrazone groups is 1. The Morgan fingerprint density at radius 3 is 2.47 bits per heavy atom. The van der Waals surface area contributed by atoms with Gasteiger partial charge in [0.2, 0.25) is 0 Å². The summed E-state index contributed by atoms with van der Waals surface area (Å²) in [6.07, 6.45) is 1.47. The number of carbonyl (C=O) groups is 2. The molecule has 0 heterocycles. The van der Waals surface area contributed by atoms with E-state index in [0.717, 1.165) is 5.56 Å². The number of nitrogens with zero attached hydrogens (tertiary/aromatic N) is 1. The highest BCUT2D eigenvalue weighted by atomic mass is 127. The van der Waals surface area contributed by atoms with Crippen LogP contribution in [0.15, 0.2) is 65.8 Å². The number of rotatable bonds is 12. The minimum atomic E-state index is -0.593. The third-order valence-electron chi connectivity index (χ3n) is 4.73.